The first-order chi connectivity index (χ1) is 8.83. The van der Waals surface area contributed by atoms with Crippen molar-refractivity contribution in [1.29, 1.82) is 0 Å². The summed E-state index contributed by atoms with van der Waals surface area (Å²) in [5.74, 6) is -0.820. The van der Waals surface area contributed by atoms with Crippen molar-refractivity contribution >= 4 is 43.3 Å². The number of carbonyl (C=O) groups is 1. The minimum absolute atomic E-state index is 0.128. The van der Waals surface area contributed by atoms with Crippen LogP contribution in [0.25, 0.3) is 0 Å². The smallest absolute Gasteiger partial charge is 0.303 e. The SMILES string of the molecule is Cc1sc(Br)cc1S(=O)(=O)NCCCCCC(=O)O. The van der Waals surface area contributed by atoms with E-state index in [1.807, 2.05) is 0 Å². The molecule has 0 saturated carbocycles. The van der Waals surface area contributed by atoms with Crippen LogP contribution in [0.3, 0.4) is 0 Å². The molecule has 0 fully saturated rings. The Kier molecular flexibility index (Phi) is 6.45. The Labute approximate surface area is 125 Å². The third-order valence-corrected chi connectivity index (χ3v) is 5.76. The molecular formula is C11H16BrNO4S2. The van der Waals surface area contributed by atoms with Crippen LogP contribution in [-0.4, -0.2) is 26.0 Å². The average molecular weight is 370 g/mol. The first-order valence-corrected chi connectivity index (χ1v) is 8.89. The minimum atomic E-state index is -3.46. The Morgan fingerprint density at radius 1 is 1.42 bits per heavy atom. The predicted octanol–water partition coefficient (Wildman–Crippen LogP) is 2.74. The van der Waals surface area contributed by atoms with Gasteiger partial charge in [-0.1, -0.05) is 6.42 Å². The zero-order chi connectivity index (χ0) is 14.5. The molecular weight excluding hydrogens is 354 g/mol. The summed E-state index contributed by atoms with van der Waals surface area (Å²) in [5.41, 5.74) is 0. The molecule has 0 aromatic carbocycles. The molecule has 0 aliphatic heterocycles. The molecule has 0 aliphatic rings. The van der Waals surface area contributed by atoms with Gasteiger partial charge < -0.3 is 5.11 Å². The molecule has 0 atom stereocenters. The number of thiophene rings is 1. The highest BCUT2D eigenvalue weighted by molar-refractivity contribution is 9.11. The molecule has 19 heavy (non-hydrogen) atoms. The molecule has 0 aliphatic carbocycles. The number of halogens is 1. The second-order valence-electron chi connectivity index (χ2n) is 4.07. The summed E-state index contributed by atoms with van der Waals surface area (Å²) in [7, 11) is -3.46. The summed E-state index contributed by atoms with van der Waals surface area (Å²) in [5, 5.41) is 8.47. The number of carboxylic acid groups (broad SMARTS) is 1. The van der Waals surface area contributed by atoms with Crippen molar-refractivity contribution in [1.82, 2.24) is 4.72 Å². The lowest BCUT2D eigenvalue weighted by atomic mass is 10.2. The van der Waals surface area contributed by atoms with Gasteiger partial charge in [0.15, 0.2) is 0 Å². The number of unbranched alkanes of at least 4 members (excludes halogenated alkanes) is 2. The number of aliphatic carboxylic acids is 1. The summed E-state index contributed by atoms with van der Waals surface area (Å²) in [6.07, 6.45) is 2.03. The van der Waals surface area contributed by atoms with Gasteiger partial charge in [0.2, 0.25) is 10.0 Å². The number of sulfonamides is 1. The van der Waals surface area contributed by atoms with Crippen molar-refractivity contribution < 1.29 is 18.3 Å². The van der Waals surface area contributed by atoms with Crippen molar-refractivity contribution in [2.75, 3.05) is 6.54 Å². The number of hydrogen-bond donors (Lipinski definition) is 2. The summed E-state index contributed by atoms with van der Waals surface area (Å²) < 4.78 is 27.3. The van der Waals surface area contributed by atoms with Gasteiger partial charge in [-0.15, -0.1) is 11.3 Å². The van der Waals surface area contributed by atoms with Gasteiger partial charge in [0, 0.05) is 17.8 Å². The van der Waals surface area contributed by atoms with E-state index in [0.29, 0.717) is 30.7 Å². The molecule has 0 saturated heterocycles. The van der Waals surface area contributed by atoms with Crippen molar-refractivity contribution in [2.45, 2.75) is 37.5 Å². The van der Waals surface area contributed by atoms with Gasteiger partial charge in [-0.25, -0.2) is 13.1 Å². The van der Waals surface area contributed by atoms with E-state index in [4.69, 9.17) is 5.11 Å². The number of nitrogens with one attached hydrogen (secondary N) is 1. The molecule has 1 rings (SSSR count). The zero-order valence-corrected chi connectivity index (χ0v) is 13.7. The lowest BCUT2D eigenvalue weighted by Gasteiger charge is -2.05. The van der Waals surface area contributed by atoms with Gasteiger partial charge in [0.1, 0.15) is 0 Å². The zero-order valence-electron chi connectivity index (χ0n) is 10.5. The van der Waals surface area contributed by atoms with Crippen LogP contribution in [0.4, 0.5) is 0 Å². The van der Waals surface area contributed by atoms with E-state index < -0.39 is 16.0 Å². The van der Waals surface area contributed by atoms with E-state index in [-0.39, 0.29) is 6.42 Å². The maximum absolute atomic E-state index is 12.0. The van der Waals surface area contributed by atoms with Crippen LogP contribution in [-0.2, 0) is 14.8 Å². The Bertz CT molecular complexity index is 539. The number of rotatable bonds is 8. The third kappa shape index (κ3) is 5.60. The molecule has 0 amide bonds. The van der Waals surface area contributed by atoms with E-state index in [2.05, 4.69) is 20.7 Å². The fraction of sp³-hybridized carbons (Fsp3) is 0.545. The summed E-state index contributed by atoms with van der Waals surface area (Å²) in [6, 6.07) is 1.59. The van der Waals surface area contributed by atoms with Crippen molar-refractivity contribution in [3.63, 3.8) is 0 Å². The van der Waals surface area contributed by atoms with Crippen LogP contribution in [0.5, 0.6) is 0 Å². The largest absolute Gasteiger partial charge is 0.481 e. The van der Waals surface area contributed by atoms with Gasteiger partial charge in [-0.3, -0.25) is 4.79 Å². The molecule has 0 bridgehead atoms. The number of carboxylic acids is 1. The highest BCUT2D eigenvalue weighted by Gasteiger charge is 2.18. The topological polar surface area (TPSA) is 83.5 Å². The van der Waals surface area contributed by atoms with Crippen molar-refractivity contribution in [3.8, 4) is 0 Å². The summed E-state index contributed by atoms with van der Waals surface area (Å²) >= 11 is 4.64. The van der Waals surface area contributed by atoms with Gasteiger partial charge in [0.05, 0.1) is 8.68 Å². The minimum Gasteiger partial charge on any atom is -0.481 e. The monoisotopic (exact) mass is 369 g/mol. The summed E-state index contributed by atoms with van der Waals surface area (Å²) in [6.45, 7) is 2.09. The highest BCUT2D eigenvalue weighted by atomic mass is 79.9. The molecule has 108 valence electrons. The Hall–Kier alpha value is -0.440. The molecule has 1 aromatic rings. The highest BCUT2D eigenvalue weighted by Crippen LogP contribution is 2.29. The quantitative estimate of drug-likeness (QED) is 0.690. The van der Waals surface area contributed by atoms with E-state index in [1.54, 1.807) is 13.0 Å². The Balaban J connectivity index is 2.40. The van der Waals surface area contributed by atoms with E-state index in [9.17, 15) is 13.2 Å². The van der Waals surface area contributed by atoms with E-state index in [0.717, 1.165) is 8.66 Å². The molecule has 1 aromatic heterocycles. The van der Waals surface area contributed by atoms with Gasteiger partial charge >= 0.3 is 5.97 Å². The van der Waals surface area contributed by atoms with Gasteiger partial charge in [0.25, 0.3) is 0 Å². The number of aryl methyl sites for hydroxylation is 1. The summed E-state index contributed by atoms with van der Waals surface area (Å²) in [4.78, 5) is 11.3. The molecule has 0 unspecified atom stereocenters. The Morgan fingerprint density at radius 3 is 2.63 bits per heavy atom. The van der Waals surface area contributed by atoms with Gasteiger partial charge in [-0.05, 0) is 41.8 Å². The van der Waals surface area contributed by atoms with E-state index >= 15 is 0 Å². The second kappa shape index (κ2) is 7.37. The lowest BCUT2D eigenvalue weighted by molar-refractivity contribution is -0.137. The first-order valence-electron chi connectivity index (χ1n) is 5.80. The van der Waals surface area contributed by atoms with Crippen LogP contribution >= 0.6 is 27.3 Å². The van der Waals surface area contributed by atoms with E-state index in [1.165, 1.54) is 11.3 Å². The van der Waals surface area contributed by atoms with Crippen molar-refractivity contribution in [2.24, 2.45) is 0 Å². The van der Waals surface area contributed by atoms with Crippen LogP contribution in [0, 0.1) is 6.92 Å². The molecule has 5 nitrogen and oxygen atoms in total. The normalized spacial score (nSPS) is 11.7. The fourth-order valence-corrected chi connectivity index (χ4v) is 5.05. The van der Waals surface area contributed by atoms with Crippen molar-refractivity contribution in [3.05, 3.63) is 14.7 Å². The van der Waals surface area contributed by atoms with Gasteiger partial charge in [-0.2, -0.15) is 0 Å². The molecule has 1 heterocycles. The lowest BCUT2D eigenvalue weighted by Crippen LogP contribution is -2.24. The maximum atomic E-state index is 12.0. The Morgan fingerprint density at radius 2 is 2.11 bits per heavy atom. The van der Waals surface area contributed by atoms with Crippen LogP contribution in [0.2, 0.25) is 0 Å². The van der Waals surface area contributed by atoms with Crippen LogP contribution < -0.4 is 4.72 Å². The first kappa shape index (κ1) is 16.6. The third-order valence-electron chi connectivity index (χ3n) is 2.49. The van der Waals surface area contributed by atoms with Crippen LogP contribution in [0.1, 0.15) is 30.6 Å². The standard InChI is InChI=1S/C11H16BrNO4S2/c1-8-9(7-10(12)18-8)19(16,17)13-6-4-2-3-5-11(14)15/h7,13H,2-6H2,1H3,(H,14,15). The fourth-order valence-electron chi connectivity index (χ4n) is 1.56. The number of hydrogen-bond acceptors (Lipinski definition) is 4. The molecule has 8 heteroatoms. The molecule has 0 spiro atoms. The average Bonchev–Trinajstić information content (AvgIpc) is 2.63. The predicted molar refractivity (Wildman–Crippen MR) is 78.0 cm³/mol. The molecule has 2 N–H and O–H groups in total. The second-order valence-corrected chi connectivity index (χ2v) is 8.44. The molecule has 0 radical (unpaired) electrons. The maximum Gasteiger partial charge on any atom is 0.303 e. The van der Waals surface area contributed by atoms with Crippen LogP contribution in [0.15, 0.2) is 14.7 Å².